The van der Waals surface area contributed by atoms with Gasteiger partial charge in [0.25, 0.3) is 0 Å². The van der Waals surface area contributed by atoms with E-state index < -0.39 is 27.7 Å². The van der Waals surface area contributed by atoms with E-state index in [2.05, 4.69) is 20.7 Å². The van der Waals surface area contributed by atoms with E-state index in [0.29, 0.717) is 37.5 Å². The molecular weight excluding hydrogens is 617 g/mol. The molecule has 5 fully saturated rings. The SMILES string of the molecule is O=C(NCCCCC1CCN(S(=O)(=O)C2CCC(OC(F)(F)F)CC2)CC1)C1CC2C(CCNC23CCCCCCCCCC3)N1. The van der Waals surface area contributed by atoms with E-state index in [-0.39, 0.29) is 43.2 Å². The molecule has 1 amide bonds. The summed E-state index contributed by atoms with van der Waals surface area (Å²) in [4.78, 5) is 13.2. The van der Waals surface area contributed by atoms with Crippen LogP contribution in [0, 0.1) is 11.8 Å². The van der Waals surface area contributed by atoms with Crippen LogP contribution in [0.25, 0.3) is 0 Å². The Morgan fingerprint density at radius 2 is 1.50 bits per heavy atom. The van der Waals surface area contributed by atoms with Crippen LogP contribution in [-0.2, 0) is 19.6 Å². The third kappa shape index (κ3) is 9.82. The first-order chi connectivity index (χ1) is 22.1. The Labute approximate surface area is 275 Å². The molecular formula is C34H59F3N4O4S. The van der Waals surface area contributed by atoms with E-state index in [4.69, 9.17) is 0 Å². The number of hydrogen-bond donors (Lipinski definition) is 3. The minimum Gasteiger partial charge on any atom is -0.355 e. The first-order valence-electron chi connectivity index (χ1n) is 18.6. The van der Waals surface area contributed by atoms with Gasteiger partial charge >= 0.3 is 6.36 Å². The molecule has 5 rings (SSSR count). The van der Waals surface area contributed by atoms with Crippen molar-refractivity contribution in [3.05, 3.63) is 0 Å². The van der Waals surface area contributed by atoms with Crippen LogP contribution in [0.3, 0.4) is 0 Å². The Kier molecular flexibility index (Phi) is 13.1. The highest BCUT2D eigenvalue weighted by Gasteiger charge is 2.50. The number of ether oxygens (including phenoxy) is 1. The molecule has 12 heteroatoms. The van der Waals surface area contributed by atoms with Gasteiger partial charge in [0.2, 0.25) is 15.9 Å². The van der Waals surface area contributed by atoms with Gasteiger partial charge in [0.15, 0.2) is 0 Å². The van der Waals surface area contributed by atoms with Gasteiger partial charge in [-0.05, 0) is 89.0 Å². The molecule has 2 aliphatic carbocycles. The van der Waals surface area contributed by atoms with Crippen molar-refractivity contribution in [1.82, 2.24) is 20.3 Å². The fourth-order valence-electron chi connectivity index (χ4n) is 9.35. The number of alkyl halides is 3. The fraction of sp³-hybridized carbons (Fsp3) is 0.971. The molecule has 46 heavy (non-hydrogen) atoms. The number of carbonyl (C=O) groups is 1. The summed E-state index contributed by atoms with van der Waals surface area (Å²) >= 11 is 0. The van der Waals surface area contributed by atoms with Crippen molar-refractivity contribution in [1.29, 1.82) is 0 Å². The summed E-state index contributed by atoms with van der Waals surface area (Å²) in [6.45, 7) is 2.67. The van der Waals surface area contributed by atoms with E-state index in [1.807, 2.05) is 0 Å². The van der Waals surface area contributed by atoms with Crippen molar-refractivity contribution in [2.75, 3.05) is 26.2 Å². The van der Waals surface area contributed by atoms with Gasteiger partial charge in [0.1, 0.15) is 0 Å². The zero-order valence-corrected chi connectivity index (χ0v) is 28.6. The minimum atomic E-state index is -4.68. The molecule has 0 bridgehead atoms. The van der Waals surface area contributed by atoms with Gasteiger partial charge in [-0.3, -0.25) is 9.53 Å². The van der Waals surface area contributed by atoms with Gasteiger partial charge in [-0.1, -0.05) is 64.2 Å². The van der Waals surface area contributed by atoms with Gasteiger partial charge in [-0.2, -0.15) is 0 Å². The monoisotopic (exact) mass is 676 g/mol. The Morgan fingerprint density at radius 1 is 0.870 bits per heavy atom. The molecule has 3 atom stereocenters. The van der Waals surface area contributed by atoms with Crippen LogP contribution in [0.1, 0.15) is 135 Å². The molecule has 3 saturated heterocycles. The molecule has 266 valence electrons. The summed E-state index contributed by atoms with van der Waals surface area (Å²) < 4.78 is 69.6. The van der Waals surface area contributed by atoms with Crippen molar-refractivity contribution >= 4 is 15.9 Å². The number of amides is 1. The predicted molar refractivity (Wildman–Crippen MR) is 174 cm³/mol. The van der Waals surface area contributed by atoms with Crippen LogP contribution >= 0.6 is 0 Å². The highest BCUT2D eigenvalue weighted by Crippen LogP contribution is 2.42. The Bertz CT molecular complexity index is 1050. The summed E-state index contributed by atoms with van der Waals surface area (Å²) in [5.41, 5.74) is 0.176. The van der Waals surface area contributed by atoms with Crippen molar-refractivity contribution in [3.63, 3.8) is 0 Å². The molecule has 3 N–H and O–H groups in total. The fourth-order valence-corrected chi connectivity index (χ4v) is 11.4. The Hall–Kier alpha value is -0.950. The number of hydrogen-bond acceptors (Lipinski definition) is 6. The standard InChI is InChI=1S/C34H59F3N4O4S/c35-34(36,37)45-27-12-14-28(15-13-27)46(43,44)41-23-17-26(18-24-41)11-7-10-21-38-32(42)31-25-29-30(40-31)16-22-39-33(29)19-8-5-3-1-2-4-6-9-20-33/h26-31,39-40H,1-25H2,(H,38,42). The van der Waals surface area contributed by atoms with E-state index in [0.717, 1.165) is 51.5 Å². The van der Waals surface area contributed by atoms with Crippen molar-refractivity contribution in [2.45, 2.75) is 170 Å². The highest BCUT2D eigenvalue weighted by molar-refractivity contribution is 7.89. The van der Waals surface area contributed by atoms with E-state index in [1.165, 1.54) is 64.2 Å². The number of nitrogens with one attached hydrogen (secondary N) is 3. The lowest BCUT2D eigenvalue weighted by Crippen LogP contribution is -2.59. The highest BCUT2D eigenvalue weighted by atomic mass is 32.2. The van der Waals surface area contributed by atoms with E-state index in [9.17, 15) is 26.4 Å². The Morgan fingerprint density at radius 3 is 2.13 bits per heavy atom. The summed E-state index contributed by atoms with van der Waals surface area (Å²) in [7, 11) is -3.51. The maximum absolute atomic E-state index is 13.2. The number of sulfonamides is 1. The lowest BCUT2D eigenvalue weighted by atomic mass is 9.69. The molecule has 3 heterocycles. The summed E-state index contributed by atoms with van der Waals surface area (Å²) in [6.07, 6.45) is 14.7. The zero-order chi connectivity index (χ0) is 32.6. The van der Waals surface area contributed by atoms with Crippen LogP contribution in [0.15, 0.2) is 0 Å². The van der Waals surface area contributed by atoms with Gasteiger partial charge in [0, 0.05) is 31.2 Å². The van der Waals surface area contributed by atoms with Crippen molar-refractivity contribution in [3.8, 4) is 0 Å². The van der Waals surface area contributed by atoms with Gasteiger partial charge in [-0.25, -0.2) is 12.7 Å². The topological polar surface area (TPSA) is 99.8 Å². The van der Waals surface area contributed by atoms with Crippen LogP contribution in [0.2, 0.25) is 0 Å². The minimum absolute atomic E-state index is 0.108. The average Bonchev–Trinajstić information content (AvgIpc) is 3.46. The first-order valence-corrected chi connectivity index (χ1v) is 20.1. The summed E-state index contributed by atoms with van der Waals surface area (Å²) in [5.74, 6) is 1.12. The van der Waals surface area contributed by atoms with E-state index >= 15 is 0 Å². The molecule has 0 aromatic carbocycles. The molecule has 2 saturated carbocycles. The predicted octanol–water partition coefficient (Wildman–Crippen LogP) is 6.16. The third-order valence-corrected chi connectivity index (χ3v) is 14.4. The number of fused-ring (bicyclic) bond motifs is 2. The molecule has 0 aromatic rings. The Balaban J connectivity index is 0.978. The molecule has 5 aliphatic rings. The largest absolute Gasteiger partial charge is 0.522 e. The quantitative estimate of drug-likeness (QED) is 0.253. The van der Waals surface area contributed by atoms with Gasteiger partial charge in [0.05, 0.1) is 17.4 Å². The number of halogens is 3. The van der Waals surface area contributed by atoms with E-state index in [1.54, 1.807) is 4.31 Å². The zero-order valence-electron chi connectivity index (χ0n) is 27.8. The molecule has 3 unspecified atom stereocenters. The molecule has 0 radical (unpaired) electrons. The second kappa shape index (κ2) is 16.6. The lowest BCUT2D eigenvalue weighted by molar-refractivity contribution is -0.345. The summed E-state index contributed by atoms with van der Waals surface area (Å²) in [5, 5.41) is 10.3. The summed E-state index contributed by atoms with van der Waals surface area (Å²) in [6, 6.07) is 0.318. The second-order valence-electron chi connectivity index (χ2n) is 15.0. The maximum atomic E-state index is 13.2. The lowest BCUT2D eigenvalue weighted by Gasteiger charge is -2.47. The van der Waals surface area contributed by atoms with Gasteiger partial charge < -0.3 is 16.0 Å². The third-order valence-electron chi connectivity index (χ3n) is 12.0. The van der Waals surface area contributed by atoms with Crippen LogP contribution in [0.5, 0.6) is 0 Å². The number of rotatable bonds is 9. The van der Waals surface area contributed by atoms with Gasteiger partial charge in [-0.15, -0.1) is 13.2 Å². The second-order valence-corrected chi connectivity index (χ2v) is 17.2. The smallest absolute Gasteiger partial charge is 0.355 e. The number of unbranched alkanes of at least 4 members (excludes halogenated alkanes) is 1. The number of nitrogens with zero attached hydrogens (tertiary/aromatic N) is 1. The molecule has 0 aromatic heterocycles. The van der Waals surface area contributed by atoms with Crippen LogP contribution < -0.4 is 16.0 Å². The number of piperidine rings is 2. The van der Waals surface area contributed by atoms with Crippen molar-refractivity contribution in [2.24, 2.45) is 11.8 Å². The van der Waals surface area contributed by atoms with Crippen molar-refractivity contribution < 1.29 is 31.1 Å². The van der Waals surface area contributed by atoms with Crippen LogP contribution in [-0.4, -0.2) is 80.1 Å². The van der Waals surface area contributed by atoms with Crippen LogP contribution in [0.4, 0.5) is 13.2 Å². The first kappa shape index (κ1) is 36.3. The maximum Gasteiger partial charge on any atom is 0.522 e. The molecule has 8 nitrogen and oxygen atoms in total. The molecule has 1 spiro atoms. The molecule has 3 aliphatic heterocycles. The number of carbonyl (C=O) groups excluding carboxylic acids is 1. The normalized spacial score (nSPS) is 32.5. The average molecular weight is 677 g/mol.